The van der Waals surface area contributed by atoms with Crippen LogP contribution in [0.15, 0.2) is 48.5 Å². The molecule has 1 N–H and O–H groups in total. The number of ether oxygens (including phenoxy) is 1. The molecule has 1 aliphatic heterocycles. The highest BCUT2D eigenvalue weighted by Crippen LogP contribution is 2.19. The van der Waals surface area contributed by atoms with E-state index in [0.717, 1.165) is 31.8 Å². The topological polar surface area (TPSA) is 53.0 Å². The smallest absolute Gasteiger partial charge is 0.407 e. The summed E-state index contributed by atoms with van der Waals surface area (Å²) in [7, 11) is 0. The summed E-state index contributed by atoms with van der Waals surface area (Å²) >= 11 is 0. The normalized spacial score (nSPS) is 15.0. The molecule has 3 rings (SSSR count). The maximum Gasteiger partial charge on any atom is 0.407 e. The van der Waals surface area contributed by atoms with Crippen LogP contribution >= 0.6 is 0 Å². The van der Waals surface area contributed by atoms with E-state index in [-0.39, 0.29) is 0 Å². The van der Waals surface area contributed by atoms with Crippen molar-refractivity contribution >= 4 is 6.09 Å². The van der Waals surface area contributed by atoms with Crippen molar-refractivity contribution < 1.29 is 14.6 Å². The van der Waals surface area contributed by atoms with E-state index in [2.05, 4.69) is 55.1 Å². The second-order valence-corrected chi connectivity index (χ2v) is 7.68. The summed E-state index contributed by atoms with van der Waals surface area (Å²) < 4.78 is 5.86. The molecule has 1 saturated heterocycles. The predicted molar refractivity (Wildman–Crippen MR) is 111 cm³/mol. The fourth-order valence-electron chi connectivity index (χ4n) is 3.40. The van der Waals surface area contributed by atoms with Crippen molar-refractivity contribution in [1.29, 1.82) is 0 Å². The van der Waals surface area contributed by atoms with E-state index in [1.54, 1.807) is 0 Å². The molecule has 0 bridgehead atoms. The minimum Gasteiger partial charge on any atom is -0.493 e. The number of hydrogen-bond acceptors (Lipinski definition) is 3. The van der Waals surface area contributed by atoms with Crippen molar-refractivity contribution in [1.82, 2.24) is 9.80 Å². The third kappa shape index (κ3) is 5.73. The first-order valence-corrected chi connectivity index (χ1v) is 10.0. The Kier molecular flexibility index (Phi) is 6.93. The first-order chi connectivity index (χ1) is 13.5. The molecule has 2 aromatic rings. The predicted octanol–water partition coefficient (Wildman–Crippen LogP) is 4.23. The van der Waals surface area contributed by atoms with Crippen LogP contribution in [0.4, 0.5) is 4.79 Å². The van der Waals surface area contributed by atoms with Crippen LogP contribution in [-0.4, -0.2) is 53.8 Å². The summed E-state index contributed by atoms with van der Waals surface area (Å²) in [5.74, 6) is 1.45. The Hall–Kier alpha value is -2.53. The molecule has 0 atom stereocenters. The number of benzene rings is 2. The first kappa shape index (κ1) is 20.2. The Morgan fingerprint density at radius 1 is 0.964 bits per heavy atom. The van der Waals surface area contributed by atoms with Gasteiger partial charge in [-0.1, -0.05) is 50.2 Å². The number of nitrogens with zero attached hydrogens (tertiary/aromatic N) is 2. The number of hydrogen-bond donors (Lipinski definition) is 1. The van der Waals surface area contributed by atoms with Gasteiger partial charge in [0.1, 0.15) is 5.75 Å². The zero-order valence-electron chi connectivity index (χ0n) is 16.8. The molecule has 0 radical (unpaired) electrons. The van der Waals surface area contributed by atoms with Crippen molar-refractivity contribution in [3.63, 3.8) is 0 Å². The summed E-state index contributed by atoms with van der Waals surface area (Å²) in [6.45, 7) is 8.66. The molecule has 0 aliphatic carbocycles. The number of carbonyl (C=O) groups is 1. The van der Waals surface area contributed by atoms with Gasteiger partial charge in [0.15, 0.2) is 0 Å². The van der Waals surface area contributed by atoms with Crippen molar-refractivity contribution in [3.8, 4) is 5.75 Å². The third-order valence-corrected chi connectivity index (χ3v) is 5.28. The SMILES string of the molecule is CC(C)c1ccc(OCCc2ccc(CN3CCN(C(=O)O)CC3)cc2)cc1. The Labute approximate surface area is 167 Å². The number of piperazine rings is 1. The van der Waals surface area contributed by atoms with Crippen LogP contribution in [0.2, 0.25) is 0 Å². The number of carboxylic acid groups (broad SMARTS) is 1. The fourth-order valence-corrected chi connectivity index (χ4v) is 3.40. The Balaban J connectivity index is 1.41. The first-order valence-electron chi connectivity index (χ1n) is 10.0. The highest BCUT2D eigenvalue weighted by atomic mass is 16.5. The standard InChI is InChI=1S/C23H30N2O3/c1-18(2)21-7-9-22(10-8-21)28-16-11-19-3-5-20(6-4-19)17-24-12-14-25(15-13-24)23(26)27/h3-10,18H,11-17H2,1-2H3,(H,26,27). The third-order valence-electron chi connectivity index (χ3n) is 5.28. The van der Waals surface area contributed by atoms with Crippen molar-refractivity contribution in [3.05, 3.63) is 65.2 Å². The van der Waals surface area contributed by atoms with Gasteiger partial charge in [-0.2, -0.15) is 0 Å². The maximum atomic E-state index is 11.0. The molecule has 1 fully saturated rings. The van der Waals surface area contributed by atoms with Crippen LogP contribution in [0, 0.1) is 0 Å². The Morgan fingerprint density at radius 2 is 1.57 bits per heavy atom. The van der Waals surface area contributed by atoms with Crippen molar-refractivity contribution in [2.75, 3.05) is 32.8 Å². The van der Waals surface area contributed by atoms with Crippen LogP contribution < -0.4 is 4.74 Å². The van der Waals surface area contributed by atoms with Gasteiger partial charge in [0.2, 0.25) is 0 Å². The lowest BCUT2D eigenvalue weighted by molar-refractivity contribution is 0.103. The molecule has 1 heterocycles. The molecule has 1 aliphatic rings. The molecule has 0 saturated carbocycles. The zero-order chi connectivity index (χ0) is 19.9. The van der Waals surface area contributed by atoms with Crippen LogP contribution in [0.25, 0.3) is 0 Å². The van der Waals surface area contributed by atoms with E-state index in [4.69, 9.17) is 9.84 Å². The average Bonchev–Trinajstić information content (AvgIpc) is 2.70. The molecule has 5 nitrogen and oxygen atoms in total. The lowest BCUT2D eigenvalue weighted by Crippen LogP contribution is -2.47. The van der Waals surface area contributed by atoms with E-state index >= 15 is 0 Å². The van der Waals surface area contributed by atoms with Crippen LogP contribution in [0.3, 0.4) is 0 Å². The number of amides is 1. The molecule has 0 aromatic heterocycles. The monoisotopic (exact) mass is 382 g/mol. The summed E-state index contributed by atoms with van der Waals surface area (Å²) in [6, 6.07) is 17.0. The summed E-state index contributed by atoms with van der Waals surface area (Å²) in [5.41, 5.74) is 3.85. The van der Waals surface area contributed by atoms with Gasteiger partial charge in [-0.05, 0) is 34.7 Å². The largest absolute Gasteiger partial charge is 0.493 e. The Bertz CT molecular complexity index is 748. The van der Waals surface area contributed by atoms with Gasteiger partial charge in [-0.15, -0.1) is 0 Å². The minimum absolute atomic E-state index is 0.536. The van der Waals surface area contributed by atoms with Crippen LogP contribution in [0.1, 0.15) is 36.5 Å². The van der Waals surface area contributed by atoms with E-state index in [1.807, 2.05) is 12.1 Å². The van der Waals surface area contributed by atoms with Gasteiger partial charge in [0, 0.05) is 39.1 Å². The molecular formula is C23H30N2O3. The van der Waals surface area contributed by atoms with Gasteiger partial charge in [-0.3, -0.25) is 4.90 Å². The van der Waals surface area contributed by atoms with Crippen LogP contribution in [-0.2, 0) is 13.0 Å². The van der Waals surface area contributed by atoms with Gasteiger partial charge in [0.25, 0.3) is 0 Å². The molecule has 28 heavy (non-hydrogen) atoms. The highest BCUT2D eigenvalue weighted by Gasteiger charge is 2.20. The quantitative estimate of drug-likeness (QED) is 0.779. The lowest BCUT2D eigenvalue weighted by Gasteiger charge is -2.33. The lowest BCUT2D eigenvalue weighted by atomic mass is 10.0. The van der Waals surface area contributed by atoms with E-state index in [9.17, 15) is 4.79 Å². The summed E-state index contributed by atoms with van der Waals surface area (Å²) in [6.07, 6.45) is 0.0610. The second-order valence-electron chi connectivity index (χ2n) is 7.68. The summed E-state index contributed by atoms with van der Waals surface area (Å²) in [4.78, 5) is 14.8. The number of rotatable bonds is 7. The molecule has 0 unspecified atom stereocenters. The van der Waals surface area contributed by atoms with E-state index < -0.39 is 6.09 Å². The minimum atomic E-state index is -0.818. The zero-order valence-corrected chi connectivity index (χ0v) is 16.8. The Morgan fingerprint density at radius 3 is 2.14 bits per heavy atom. The summed E-state index contributed by atoms with van der Waals surface area (Å²) in [5, 5.41) is 9.02. The van der Waals surface area contributed by atoms with Gasteiger partial charge in [0.05, 0.1) is 6.61 Å². The maximum absolute atomic E-state index is 11.0. The molecule has 2 aromatic carbocycles. The molecule has 5 heteroatoms. The van der Waals surface area contributed by atoms with Crippen LogP contribution in [0.5, 0.6) is 5.75 Å². The van der Waals surface area contributed by atoms with Crippen molar-refractivity contribution in [2.45, 2.75) is 32.7 Å². The highest BCUT2D eigenvalue weighted by molar-refractivity contribution is 5.65. The molecule has 150 valence electrons. The van der Waals surface area contributed by atoms with Crippen molar-refractivity contribution in [2.24, 2.45) is 0 Å². The second kappa shape index (κ2) is 9.60. The van der Waals surface area contributed by atoms with Gasteiger partial charge >= 0.3 is 6.09 Å². The fraction of sp³-hybridized carbons (Fsp3) is 0.435. The van der Waals surface area contributed by atoms with Gasteiger partial charge in [-0.25, -0.2) is 4.79 Å². The molecular weight excluding hydrogens is 352 g/mol. The van der Waals surface area contributed by atoms with Gasteiger partial charge < -0.3 is 14.7 Å². The average molecular weight is 383 g/mol. The molecule has 0 spiro atoms. The van der Waals surface area contributed by atoms with E-state index in [0.29, 0.717) is 25.6 Å². The van der Waals surface area contributed by atoms with E-state index in [1.165, 1.54) is 21.6 Å². The molecule has 1 amide bonds.